The molecule has 0 aliphatic carbocycles. The Hall–Kier alpha value is -2.77. The molecule has 0 unspecified atom stereocenters. The summed E-state index contributed by atoms with van der Waals surface area (Å²) >= 11 is 0. The quantitative estimate of drug-likeness (QED) is 0.618. The average molecular weight is 334 g/mol. The summed E-state index contributed by atoms with van der Waals surface area (Å²) in [6.07, 6.45) is -1.01. The van der Waals surface area contributed by atoms with E-state index in [0.29, 0.717) is 22.6 Å². The maximum atomic E-state index is 12.0. The maximum absolute atomic E-state index is 12.0. The van der Waals surface area contributed by atoms with Gasteiger partial charge in [0.2, 0.25) is 0 Å². The van der Waals surface area contributed by atoms with Crippen molar-refractivity contribution in [1.82, 2.24) is 0 Å². The van der Waals surface area contributed by atoms with Crippen molar-refractivity contribution >= 4 is 6.16 Å². The first-order valence-corrected chi connectivity index (χ1v) is 7.06. The zero-order chi connectivity index (χ0) is 17.5. The average Bonchev–Trinajstić information content (AvgIpc) is 2.61. The van der Waals surface area contributed by atoms with Crippen LogP contribution in [0.5, 0.6) is 23.0 Å². The first-order valence-electron chi connectivity index (χ1n) is 7.06. The number of hydrogen-bond donors (Lipinski definition) is 2. The van der Waals surface area contributed by atoms with Gasteiger partial charge in [0.1, 0.15) is 23.0 Å². The minimum atomic E-state index is -1.01. The third-order valence-electron chi connectivity index (χ3n) is 3.28. The molecule has 0 radical (unpaired) electrons. The summed E-state index contributed by atoms with van der Waals surface area (Å²) in [6.45, 7) is -0.624. The van der Waals surface area contributed by atoms with Crippen LogP contribution in [0.25, 0.3) is 0 Å². The van der Waals surface area contributed by atoms with Crippen LogP contribution in [0.3, 0.4) is 0 Å². The van der Waals surface area contributed by atoms with Gasteiger partial charge in [-0.25, -0.2) is 4.79 Å². The summed E-state index contributed by atoms with van der Waals surface area (Å²) in [5, 5.41) is 18.6. The number of hydrogen-bond acceptors (Lipinski definition) is 7. The Balaban J connectivity index is 2.19. The minimum absolute atomic E-state index is 0.121. The molecule has 24 heavy (non-hydrogen) atoms. The van der Waals surface area contributed by atoms with Crippen molar-refractivity contribution in [3.8, 4) is 23.0 Å². The van der Waals surface area contributed by atoms with Gasteiger partial charge in [0, 0.05) is 23.3 Å². The molecule has 0 bridgehead atoms. The molecule has 2 rings (SSSR count). The van der Waals surface area contributed by atoms with E-state index in [4.69, 9.17) is 18.9 Å². The monoisotopic (exact) mass is 334 g/mol. The lowest BCUT2D eigenvalue weighted by atomic mass is 10.2. The number of aliphatic hydroxyl groups is 2. The van der Waals surface area contributed by atoms with Crippen molar-refractivity contribution in [1.29, 1.82) is 0 Å². The summed E-state index contributed by atoms with van der Waals surface area (Å²) in [6, 6.07) is 9.35. The molecule has 128 valence electrons. The van der Waals surface area contributed by atoms with Crippen LogP contribution in [-0.4, -0.2) is 30.6 Å². The Kier molecular flexibility index (Phi) is 6.00. The second kappa shape index (κ2) is 8.19. The van der Waals surface area contributed by atoms with Gasteiger partial charge in [-0.3, -0.25) is 0 Å². The fourth-order valence-corrected chi connectivity index (χ4v) is 1.98. The molecule has 0 fully saturated rings. The highest BCUT2D eigenvalue weighted by molar-refractivity contribution is 5.68. The van der Waals surface area contributed by atoms with Gasteiger partial charge in [-0.05, 0) is 24.3 Å². The third kappa shape index (κ3) is 4.15. The molecule has 2 aromatic rings. The molecule has 2 aromatic carbocycles. The van der Waals surface area contributed by atoms with Crippen molar-refractivity contribution < 1.29 is 34.0 Å². The highest BCUT2D eigenvalue weighted by atomic mass is 16.7. The molecule has 7 nitrogen and oxygen atoms in total. The number of carbonyl (C=O) groups is 1. The molecular weight excluding hydrogens is 316 g/mol. The van der Waals surface area contributed by atoms with Gasteiger partial charge in [-0.2, -0.15) is 0 Å². The van der Waals surface area contributed by atoms with Crippen LogP contribution in [0.4, 0.5) is 4.79 Å². The zero-order valence-electron chi connectivity index (χ0n) is 13.3. The molecular formula is C17H18O7. The second-order valence-corrected chi connectivity index (χ2v) is 4.72. The standard InChI is InChI=1S/C17H18O7/c1-21-13-5-3-11(9-18)15(7-13)23-17(20)24-16-8-14(22-2)6-4-12(16)10-19/h3-8,18-19H,9-10H2,1-2H3. The van der Waals surface area contributed by atoms with Gasteiger partial charge in [0.25, 0.3) is 0 Å². The van der Waals surface area contributed by atoms with Crippen LogP contribution >= 0.6 is 0 Å². The third-order valence-corrected chi connectivity index (χ3v) is 3.28. The fraction of sp³-hybridized carbons (Fsp3) is 0.235. The van der Waals surface area contributed by atoms with Crippen LogP contribution in [0.15, 0.2) is 36.4 Å². The number of benzene rings is 2. The fourth-order valence-electron chi connectivity index (χ4n) is 1.98. The van der Waals surface area contributed by atoms with Gasteiger partial charge >= 0.3 is 6.16 Å². The van der Waals surface area contributed by atoms with Crippen molar-refractivity contribution in [2.75, 3.05) is 14.2 Å². The van der Waals surface area contributed by atoms with E-state index in [1.54, 1.807) is 24.3 Å². The highest BCUT2D eigenvalue weighted by Gasteiger charge is 2.15. The van der Waals surface area contributed by atoms with E-state index in [-0.39, 0.29) is 24.7 Å². The zero-order valence-corrected chi connectivity index (χ0v) is 13.3. The first-order chi connectivity index (χ1) is 11.6. The van der Waals surface area contributed by atoms with Gasteiger partial charge in [0.05, 0.1) is 27.4 Å². The Labute approximate surface area is 139 Å². The van der Waals surface area contributed by atoms with E-state index >= 15 is 0 Å². The van der Waals surface area contributed by atoms with Gasteiger partial charge < -0.3 is 29.2 Å². The molecule has 0 heterocycles. The predicted octanol–water partition coefficient (Wildman–Crippen LogP) is 2.27. The van der Waals surface area contributed by atoms with Crippen molar-refractivity contribution in [2.45, 2.75) is 13.2 Å². The SMILES string of the molecule is COc1ccc(CO)c(OC(=O)Oc2cc(OC)ccc2CO)c1. The summed E-state index contributed by atoms with van der Waals surface area (Å²) in [5.41, 5.74) is 0.807. The van der Waals surface area contributed by atoms with Crippen molar-refractivity contribution in [2.24, 2.45) is 0 Å². The first kappa shape index (κ1) is 17.6. The van der Waals surface area contributed by atoms with Crippen LogP contribution in [-0.2, 0) is 13.2 Å². The number of aliphatic hydroxyl groups excluding tert-OH is 2. The smallest absolute Gasteiger partial charge is 0.497 e. The van der Waals surface area contributed by atoms with E-state index < -0.39 is 6.16 Å². The maximum Gasteiger partial charge on any atom is 0.519 e. The minimum Gasteiger partial charge on any atom is -0.497 e. The van der Waals surface area contributed by atoms with Gasteiger partial charge in [-0.15, -0.1) is 0 Å². The lowest BCUT2D eigenvalue weighted by Crippen LogP contribution is -2.16. The molecule has 0 aliphatic rings. The van der Waals surface area contributed by atoms with E-state index in [0.717, 1.165) is 0 Å². The van der Waals surface area contributed by atoms with Crippen LogP contribution in [0, 0.1) is 0 Å². The summed E-state index contributed by atoms with van der Waals surface area (Å²) < 4.78 is 20.4. The Bertz CT molecular complexity index is 653. The summed E-state index contributed by atoms with van der Waals surface area (Å²) in [4.78, 5) is 12.0. The number of rotatable bonds is 6. The molecule has 0 saturated carbocycles. The normalized spacial score (nSPS) is 10.2. The molecule has 0 spiro atoms. The predicted molar refractivity (Wildman–Crippen MR) is 84.5 cm³/mol. The van der Waals surface area contributed by atoms with Gasteiger partial charge in [0.15, 0.2) is 0 Å². The van der Waals surface area contributed by atoms with E-state index in [9.17, 15) is 15.0 Å². The number of carbonyl (C=O) groups excluding carboxylic acids is 1. The highest BCUT2D eigenvalue weighted by Crippen LogP contribution is 2.28. The second-order valence-electron chi connectivity index (χ2n) is 4.72. The lowest BCUT2D eigenvalue weighted by molar-refractivity contribution is 0.148. The number of ether oxygens (including phenoxy) is 4. The number of methoxy groups -OCH3 is 2. The Morgan fingerprint density at radius 3 is 1.58 bits per heavy atom. The molecule has 0 aliphatic heterocycles. The van der Waals surface area contributed by atoms with Gasteiger partial charge in [-0.1, -0.05) is 0 Å². The van der Waals surface area contributed by atoms with E-state index in [2.05, 4.69) is 0 Å². The summed E-state index contributed by atoms with van der Waals surface area (Å²) in [7, 11) is 2.94. The van der Waals surface area contributed by atoms with E-state index in [1.165, 1.54) is 26.4 Å². The van der Waals surface area contributed by atoms with Crippen LogP contribution in [0.1, 0.15) is 11.1 Å². The Morgan fingerprint density at radius 1 is 0.833 bits per heavy atom. The molecule has 2 N–H and O–H groups in total. The van der Waals surface area contributed by atoms with Crippen molar-refractivity contribution in [3.05, 3.63) is 47.5 Å². The van der Waals surface area contributed by atoms with Crippen molar-refractivity contribution in [3.63, 3.8) is 0 Å². The Morgan fingerprint density at radius 2 is 1.25 bits per heavy atom. The molecule has 0 saturated heterocycles. The molecule has 0 amide bonds. The molecule has 7 heteroatoms. The topological polar surface area (TPSA) is 94.5 Å². The van der Waals surface area contributed by atoms with E-state index in [1.807, 2.05) is 0 Å². The lowest BCUT2D eigenvalue weighted by Gasteiger charge is -2.12. The molecule has 0 aromatic heterocycles. The van der Waals surface area contributed by atoms with Crippen LogP contribution in [0.2, 0.25) is 0 Å². The molecule has 0 atom stereocenters. The summed E-state index contributed by atoms with van der Waals surface area (Å²) in [5.74, 6) is 1.17. The van der Waals surface area contributed by atoms with Crippen LogP contribution < -0.4 is 18.9 Å². The largest absolute Gasteiger partial charge is 0.519 e.